The number of rotatable bonds is 5. The molecule has 0 fully saturated rings. The highest BCUT2D eigenvalue weighted by atomic mass is 35.5. The summed E-state index contributed by atoms with van der Waals surface area (Å²) < 4.78 is 4.22. The molecule has 0 aliphatic heterocycles. The van der Waals surface area contributed by atoms with Crippen molar-refractivity contribution >= 4 is 35.4 Å². The van der Waals surface area contributed by atoms with Crippen LogP contribution in [0, 0.1) is 4.77 Å². The van der Waals surface area contributed by atoms with Crippen molar-refractivity contribution in [2.24, 2.45) is 0 Å². The second-order valence-corrected chi connectivity index (χ2v) is 6.72. The van der Waals surface area contributed by atoms with Crippen LogP contribution in [0.25, 0.3) is 5.69 Å². The molecule has 4 nitrogen and oxygen atoms in total. The molecule has 1 aromatic heterocycles. The summed E-state index contributed by atoms with van der Waals surface area (Å²) in [5.74, 6) is 0. The highest BCUT2D eigenvalue weighted by Crippen LogP contribution is 2.17. The molecule has 0 atom stereocenters. The number of halogens is 2. The van der Waals surface area contributed by atoms with Gasteiger partial charge in [-0.3, -0.25) is 9.47 Å². The van der Waals surface area contributed by atoms with Gasteiger partial charge in [0.15, 0.2) is 0 Å². The van der Waals surface area contributed by atoms with Gasteiger partial charge in [-0.05, 0) is 49.1 Å². The van der Waals surface area contributed by atoms with E-state index in [-0.39, 0.29) is 0 Å². The molecule has 0 N–H and O–H groups in total. The summed E-state index contributed by atoms with van der Waals surface area (Å²) in [7, 11) is 2.00. The lowest BCUT2D eigenvalue weighted by Crippen LogP contribution is -2.22. The van der Waals surface area contributed by atoms with Gasteiger partial charge in [-0.25, -0.2) is 4.68 Å². The van der Waals surface area contributed by atoms with Crippen molar-refractivity contribution in [3.8, 4) is 5.69 Å². The third-order valence-electron chi connectivity index (χ3n) is 3.59. The Bertz CT molecular complexity index is 903. The van der Waals surface area contributed by atoms with Gasteiger partial charge >= 0.3 is 0 Å². The van der Waals surface area contributed by atoms with Crippen LogP contribution in [0.4, 0.5) is 0 Å². The van der Waals surface area contributed by atoms with Crippen molar-refractivity contribution in [2.45, 2.75) is 13.2 Å². The molecule has 0 aliphatic carbocycles. The van der Waals surface area contributed by atoms with Gasteiger partial charge in [0.05, 0.1) is 12.4 Å². The van der Waals surface area contributed by atoms with Crippen LogP contribution >= 0.6 is 35.4 Å². The minimum absolute atomic E-state index is 0.567. The molecule has 24 heavy (non-hydrogen) atoms. The Morgan fingerprint density at radius 2 is 1.92 bits per heavy atom. The summed E-state index contributed by atoms with van der Waals surface area (Å²) in [5, 5.41) is 5.81. The van der Waals surface area contributed by atoms with Crippen LogP contribution in [0.1, 0.15) is 5.56 Å². The molecular formula is C17H16Cl2N4S. The Labute approximate surface area is 155 Å². The minimum atomic E-state index is 0.567. The van der Waals surface area contributed by atoms with Gasteiger partial charge in [-0.2, -0.15) is 5.10 Å². The molecule has 0 saturated carbocycles. The largest absolute Gasteiger partial charge is 0.283 e. The quantitative estimate of drug-likeness (QED) is 0.596. The average molecular weight is 379 g/mol. The van der Waals surface area contributed by atoms with E-state index in [0.29, 0.717) is 23.0 Å². The first-order valence-corrected chi connectivity index (χ1v) is 8.53. The summed E-state index contributed by atoms with van der Waals surface area (Å²) >= 11 is 17.8. The molecular weight excluding hydrogens is 363 g/mol. The van der Waals surface area contributed by atoms with Crippen LogP contribution < -0.4 is 0 Å². The maximum absolute atomic E-state index is 6.22. The molecule has 3 rings (SSSR count). The Hall–Kier alpha value is -1.66. The summed E-state index contributed by atoms with van der Waals surface area (Å²) in [4.78, 5) is 2.10. The van der Waals surface area contributed by atoms with Gasteiger partial charge in [0.2, 0.25) is 4.77 Å². The fourth-order valence-electron chi connectivity index (χ4n) is 2.43. The summed E-state index contributed by atoms with van der Waals surface area (Å²) in [6.07, 6.45) is 1.71. The van der Waals surface area contributed by atoms with E-state index in [0.717, 1.165) is 16.3 Å². The van der Waals surface area contributed by atoms with Crippen molar-refractivity contribution in [1.29, 1.82) is 0 Å². The third-order valence-corrected chi connectivity index (χ3v) is 4.60. The number of benzene rings is 2. The number of aromatic nitrogens is 3. The molecule has 124 valence electrons. The van der Waals surface area contributed by atoms with Gasteiger partial charge in [-0.15, -0.1) is 0 Å². The predicted octanol–water partition coefficient (Wildman–Crippen LogP) is 4.80. The molecule has 7 heteroatoms. The van der Waals surface area contributed by atoms with E-state index in [1.165, 1.54) is 0 Å². The summed E-state index contributed by atoms with van der Waals surface area (Å²) in [6, 6.07) is 15.3. The van der Waals surface area contributed by atoms with E-state index in [9.17, 15) is 0 Å². The standard InChI is InChI=1S/C17H16Cl2N4S/c1-21(10-13-5-2-3-8-16(13)19)12-23-17(24)22(11-20-23)15-7-4-6-14(18)9-15/h2-9,11H,10,12H2,1H3. The van der Waals surface area contributed by atoms with Crippen LogP contribution in [-0.2, 0) is 13.2 Å². The molecule has 3 aromatic rings. The fraction of sp³-hybridized carbons (Fsp3) is 0.176. The first-order valence-electron chi connectivity index (χ1n) is 7.37. The lowest BCUT2D eigenvalue weighted by atomic mass is 10.2. The topological polar surface area (TPSA) is 26.0 Å². The van der Waals surface area contributed by atoms with E-state index in [1.807, 2.05) is 60.1 Å². The molecule has 0 radical (unpaired) electrons. The zero-order valence-electron chi connectivity index (χ0n) is 13.1. The van der Waals surface area contributed by atoms with E-state index in [4.69, 9.17) is 35.4 Å². The van der Waals surface area contributed by atoms with E-state index in [1.54, 1.807) is 11.0 Å². The van der Waals surface area contributed by atoms with Crippen LogP contribution in [-0.4, -0.2) is 26.3 Å². The van der Waals surface area contributed by atoms with E-state index >= 15 is 0 Å². The summed E-state index contributed by atoms with van der Waals surface area (Å²) in [5.41, 5.74) is 1.97. The number of hydrogen-bond acceptors (Lipinski definition) is 3. The Balaban J connectivity index is 1.77. The van der Waals surface area contributed by atoms with E-state index < -0.39 is 0 Å². The smallest absolute Gasteiger partial charge is 0.203 e. The molecule has 1 heterocycles. The molecule has 0 amide bonds. The van der Waals surface area contributed by atoms with Gasteiger partial charge in [-0.1, -0.05) is 47.5 Å². The van der Waals surface area contributed by atoms with Crippen molar-refractivity contribution in [2.75, 3.05) is 7.05 Å². The second-order valence-electron chi connectivity index (χ2n) is 5.51. The zero-order valence-corrected chi connectivity index (χ0v) is 15.4. The third kappa shape index (κ3) is 3.87. The van der Waals surface area contributed by atoms with Crippen LogP contribution in [0.2, 0.25) is 10.0 Å². The molecule has 0 saturated heterocycles. The van der Waals surface area contributed by atoms with Gasteiger partial charge < -0.3 is 0 Å². The first kappa shape index (κ1) is 17.2. The maximum atomic E-state index is 6.22. The predicted molar refractivity (Wildman–Crippen MR) is 100 cm³/mol. The molecule has 0 unspecified atom stereocenters. The molecule has 0 aliphatic rings. The molecule has 0 spiro atoms. The van der Waals surface area contributed by atoms with Crippen LogP contribution in [0.5, 0.6) is 0 Å². The second kappa shape index (κ2) is 7.49. The lowest BCUT2D eigenvalue weighted by molar-refractivity contribution is 0.244. The van der Waals surface area contributed by atoms with Crippen molar-refractivity contribution in [1.82, 2.24) is 19.2 Å². The molecule has 2 aromatic carbocycles. The highest BCUT2D eigenvalue weighted by molar-refractivity contribution is 7.71. The number of nitrogens with zero attached hydrogens (tertiary/aromatic N) is 4. The zero-order chi connectivity index (χ0) is 17.1. The summed E-state index contributed by atoms with van der Waals surface area (Å²) in [6.45, 7) is 1.28. The Morgan fingerprint density at radius 3 is 2.67 bits per heavy atom. The Morgan fingerprint density at radius 1 is 1.12 bits per heavy atom. The monoisotopic (exact) mass is 378 g/mol. The van der Waals surface area contributed by atoms with Crippen molar-refractivity contribution < 1.29 is 0 Å². The average Bonchev–Trinajstić information content (AvgIpc) is 2.90. The maximum Gasteiger partial charge on any atom is 0.203 e. The van der Waals surface area contributed by atoms with Crippen molar-refractivity contribution in [3.05, 3.63) is 75.2 Å². The molecule has 0 bridgehead atoms. The first-order chi connectivity index (χ1) is 11.5. The van der Waals surface area contributed by atoms with Crippen LogP contribution in [0.15, 0.2) is 54.9 Å². The minimum Gasteiger partial charge on any atom is -0.283 e. The van der Waals surface area contributed by atoms with Crippen molar-refractivity contribution in [3.63, 3.8) is 0 Å². The van der Waals surface area contributed by atoms with Gasteiger partial charge in [0, 0.05) is 16.6 Å². The SMILES string of the molecule is CN(Cc1ccccc1Cl)Cn1ncn(-c2cccc(Cl)c2)c1=S. The number of hydrogen-bond donors (Lipinski definition) is 0. The van der Waals surface area contributed by atoms with E-state index in [2.05, 4.69) is 10.00 Å². The Kier molecular flexibility index (Phi) is 5.36. The highest BCUT2D eigenvalue weighted by Gasteiger charge is 2.08. The fourth-order valence-corrected chi connectivity index (χ4v) is 3.07. The normalized spacial score (nSPS) is 11.2. The van der Waals surface area contributed by atoms with Gasteiger partial charge in [0.25, 0.3) is 0 Å². The van der Waals surface area contributed by atoms with Gasteiger partial charge in [0.1, 0.15) is 6.33 Å². The van der Waals surface area contributed by atoms with Crippen LogP contribution in [0.3, 0.4) is 0 Å². The lowest BCUT2D eigenvalue weighted by Gasteiger charge is -2.17.